The molecule has 0 amide bonds. The Morgan fingerprint density at radius 3 is 1.10 bits per heavy atom. The molecule has 0 aliphatic carbocycles. The van der Waals surface area contributed by atoms with Crippen molar-refractivity contribution in [1.82, 2.24) is 0 Å². The van der Waals surface area contributed by atoms with E-state index in [1.807, 2.05) is 0 Å². The van der Waals surface area contributed by atoms with Gasteiger partial charge < -0.3 is 4.74 Å². The molecule has 0 N–H and O–H groups in total. The molecule has 0 spiro atoms. The van der Waals surface area contributed by atoms with E-state index in [4.69, 9.17) is 4.74 Å². The summed E-state index contributed by atoms with van der Waals surface area (Å²) in [7, 11) is 0. The van der Waals surface area contributed by atoms with E-state index in [0.717, 1.165) is 37.5 Å². The molecule has 0 fully saturated rings. The maximum absolute atomic E-state index is 6.92. The Hall–Kier alpha value is -0.0400. The second-order valence-corrected chi connectivity index (χ2v) is 7.75. The van der Waals surface area contributed by atoms with Crippen LogP contribution in [0.3, 0.4) is 0 Å². The predicted octanol–water partition coefficient (Wildman–Crippen LogP) is 6.99. The van der Waals surface area contributed by atoms with Crippen molar-refractivity contribution in [3.8, 4) is 0 Å². The third-order valence-electron chi connectivity index (χ3n) is 5.36. The molecule has 0 aromatic rings. The number of ether oxygens (including phenoxy) is 1. The van der Waals surface area contributed by atoms with Gasteiger partial charge in [-0.05, 0) is 63.2 Å². The quantitative estimate of drug-likeness (QED) is 0.377. The molecule has 21 heavy (non-hydrogen) atoms. The zero-order valence-electron chi connectivity index (χ0n) is 16.2. The first kappa shape index (κ1) is 21.0. The first-order chi connectivity index (χ1) is 9.78. The van der Waals surface area contributed by atoms with Crippen LogP contribution in [0, 0.1) is 11.8 Å². The Morgan fingerprint density at radius 1 is 0.619 bits per heavy atom. The van der Waals surface area contributed by atoms with Gasteiger partial charge in [-0.1, -0.05) is 55.4 Å². The lowest BCUT2D eigenvalue weighted by molar-refractivity contribution is -0.174. The van der Waals surface area contributed by atoms with Crippen LogP contribution in [0.2, 0.25) is 0 Å². The van der Waals surface area contributed by atoms with Crippen molar-refractivity contribution in [2.24, 2.45) is 11.8 Å². The van der Waals surface area contributed by atoms with E-state index < -0.39 is 0 Å². The van der Waals surface area contributed by atoms with Crippen LogP contribution in [0.15, 0.2) is 0 Å². The molecule has 0 rings (SSSR count). The van der Waals surface area contributed by atoms with Gasteiger partial charge in [-0.15, -0.1) is 0 Å². The van der Waals surface area contributed by atoms with Gasteiger partial charge in [0.2, 0.25) is 0 Å². The molecule has 0 unspecified atom stereocenters. The molecular formula is C20H42O. The predicted molar refractivity (Wildman–Crippen MR) is 95.9 cm³/mol. The van der Waals surface area contributed by atoms with Crippen LogP contribution in [0.1, 0.15) is 107 Å². The average Bonchev–Trinajstić information content (AvgIpc) is 2.47. The van der Waals surface area contributed by atoms with Crippen LogP contribution in [0.4, 0.5) is 0 Å². The zero-order chi connectivity index (χ0) is 16.5. The van der Waals surface area contributed by atoms with Crippen molar-refractivity contribution >= 4 is 0 Å². The van der Waals surface area contributed by atoms with E-state index >= 15 is 0 Å². The van der Waals surface area contributed by atoms with Gasteiger partial charge in [0.1, 0.15) is 0 Å². The van der Waals surface area contributed by atoms with Crippen LogP contribution in [0.5, 0.6) is 0 Å². The summed E-state index contributed by atoms with van der Waals surface area (Å²) in [4.78, 5) is 0. The Labute approximate surface area is 135 Å². The van der Waals surface area contributed by atoms with Crippen molar-refractivity contribution in [2.45, 2.75) is 118 Å². The number of hydrogen-bond donors (Lipinski definition) is 0. The fraction of sp³-hybridized carbons (Fsp3) is 1.00. The summed E-state index contributed by atoms with van der Waals surface area (Å²) in [6.07, 6.45) is 9.52. The lowest BCUT2D eigenvalue weighted by atomic mass is 9.84. The van der Waals surface area contributed by atoms with E-state index in [9.17, 15) is 0 Å². The van der Waals surface area contributed by atoms with Gasteiger partial charge in [0.25, 0.3) is 0 Å². The molecule has 1 nitrogen and oxygen atoms in total. The van der Waals surface area contributed by atoms with Gasteiger partial charge in [-0.2, -0.15) is 0 Å². The first-order valence-electron chi connectivity index (χ1n) is 9.48. The van der Waals surface area contributed by atoms with Crippen LogP contribution in [-0.4, -0.2) is 11.2 Å². The lowest BCUT2D eigenvalue weighted by Crippen LogP contribution is -2.44. The molecule has 0 atom stereocenters. The van der Waals surface area contributed by atoms with E-state index in [1.54, 1.807) is 0 Å². The van der Waals surface area contributed by atoms with Gasteiger partial charge in [0, 0.05) is 0 Å². The summed E-state index contributed by atoms with van der Waals surface area (Å²) in [5, 5.41) is 0. The van der Waals surface area contributed by atoms with Crippen molar-refractivity contribution in [3.05, 3.63) is 0 Å². The average molecular weight is 299 g/mol. The third-order valence-corrected chi connectivity index (χ3v) is 5.36. The topological polar surface area (TPSA) is 9.23 Å². The van der Waals surface area contributed by atoms with E-state index in [1.165, 1.54) is 25.7 Å². The monoisotopic (exact) mass is 298 g/mol. The Morgan fingerprint density at radius 2 is 0.905 bits per heavy atom. The van der Waals surface area contributed by atoms with E-state index in [2.05, 4.69) is 55.4 Å². The molecule has 0 heterocycles. The maximum atomic E-state index is 6.92. The van der Waals surface area contributed by atoms with Crippen molar-refractivity contribution < 1.29 is 4.74 Å². The standard InChI is InChI=1S/C20H42O/c1-9-19(10-2,15-13-17(5)6)21-20(11-3,12-4)16-14-18(7)8/h17-18H,9-16H2,1-8H3. The molecule has 0 aromatic carbocycles. The van der Waals surface area contributed by atoms with Gasteiger partial charge in [0.15, 0.2) is 0 Å². The van der Waals surface area contributed by atoms with Gasteiger partial charge in [0.05, 0.1) is 11.2 Å². The van der Waals surface area contributed by atoms with Gasteiger partial charge in [-0.3, -0.25) is 0 Å². The highest BCUT2D eigenvalue weighted by molar-refractivity contribution is 4.87. The second kappa shape index (κ2) is 9.87. The minimum absolute atomic E-state index is 0.0905. The van der Waals surface area contributed by atoms with Crippen molar-refractivity contribution in [2.75, 3.05) is 0 Å². The highest BCUT2D eigenvalue weighted by Gasteiger charge is 2.37. The van der Waals surface area contributed by atoms with E-state index in [-0.39, 0.29) is 11.2 Å². The fourth-order valence-electron chi connectivity index (χ4n) is 3.16. The largest absolute Gasteiger partial charge is 0.369 e. The normalized spacial score (nSPS) is 13.4. The summed E-state index contributed by atoms with van der Waals surface area (Å²) in [6.45, 7) is 18.5. The molecule has 0 bridgehead atoms. The van der Waals surface area contributed by atoms with Crippen molar-refractivity contribution in [1.29, 1.82) is 0 Å². The molecular weight excluding hydrogens is 256 g/mol. The van der Waals surface area contributed by atoms with E-state index in [0.29, 0.717) is 0 Å². The molecule has 128 valence electrons. The zero-order valence-corrected chi connectivity index (χ0v) is 16.2. The van der Waals surface area contributed by atoms with Gasteiger partial charge >= 0.3 is 0 Å². The SMILES string of the molecule is CCC(CC)(CCC(C)C)OC(CC)(CC)CCC(C)C. The molecule has 0 radical (unpaired) electrons. The third kappa shape index (κ3) is 7.17. The second-order valence-electron chi connectivity index (χ2n) is 7.75. The maximum Gasteiger partial charge on any atom is 0.0685 e. The van der Waals surface area contributed by atoms with Crippen LogP contribution in [0.25, 0.3) is 0 Å². The number of rotatable bonds is 12. The highest BCUT2D eigenvalue weighted by Crippen LogP contribution is 2.38. The Balaban J connectivity index is 5.02. The highest BCUT2D eigenvalue weighted by atomic mass is 16.5. The van der Waals surface area contributed by atoms with Crippen LogP contribution < -0.4 is 0 Å². The Bertz CT molecular complexity index is 221. The summed E-state index contributed by atoms with van der Waals surface area (Å²) >= 11 is 0. The summed E-state index contributed by atoms with van der Waals surface area (Å²) < 4.78 is 6.92. The van der Waals surface area contributed by atoms with Crippen LogP contribution in [-0.2, 0) is 4.74 Å². The molecule has 0 aliphatic heterocycles. The summed E-state index contributed by atoms with van der Waals surface area (Å²) in [5.41, 5.74) is 0.181. The molecule has 0 aromatic heterocycles. The summed E-state index contributed by atoms with van der Waals surface area (Å²) in [6, 6.07) is 0. The minimum atomic E-state index is 0.0905. The summed E-state index contributed by atoms with van der Waals surface area (Å²) in [5.74, 6) is 1.53. The Kier molecular flexibility index (Phi) is 9.85. The van der Waals surface area contributed by atoms with Gasteiger partial charge in [-0.25, -0.2) is 0 Å². The minimum Gasteiger partial charge on any atom is -0.369 e. The molecule has 0 saturated carbocycles. The number of hydrogen-bond acceptors (Lipinski definition) is 1. The molecule has 1 heteroatoms. The molecule has 0 aliphatic rings. The molecule has 0 saturated heterocycles. The fourth-order valence-corrected chi connectivity index (χ4v) is 3.16. The van der Waals surface area contributed by atoms with Crippen molar-refractivity contribution in [3.63, 3.8) is 0 Å². The first-order valence-corrected chi connectivity index (χ1v) is 9.48. The smallest absolute Gasteiger partial charge is 0.0685 e. The lowest BCUT2D eigenvalue weighted by Gasteiger charge is -2.44. The van der Waals surface area contributed by atoms with Crippen LogP contribution >= 0.6 is 0 Å².